The molecular weight excluding hydrogens is 339 g/mol. The van der Waals surface area contributed by atoms with Crippen molar-refractivity contribution < 1.29 is 4.39 Å². The molecule has 5 heteroatoms. The molecule has 0 aliphatic heterocycles. The molecule has 0 aliphatic carbocycles. The van der Waals surface area contributed by atoms with Crippen LogP contribution in [0.15, 0.2) is 67.1 Å². The molecular formula is C22H21FN4. The van der Waals surface area contributed by atoms with E-state index in [4.69, 9.17) is 5.10 Å². The third-order valence-corrected chi connectivity index (χ3v) is 4.90. The summed E-state index contributed by atoms with van der Waals surface area (Å²) in [7, 11) is 1.97. The van der Waals surface area contributed by atoms with E-state index >= 15 is 0 Å². The van der Waals surface area contributed by atoms with Crippen LogP contribution < -0.4 is 5.32 Å². The third-order valence-electron chi connectivity index (χ3n) is 4.90. The molecule has 4 aromatic rings. The fourth-order valence-corrected chi connectivity index (χ4v) is 3.49. The topological polar surface area (TPSA) is 42.2 Å². The highest BCUT2D eigenvalue weighted by Crippen LogP contribution is 2.35. The van der Waals surface area contributed by atoms with Crippen molar-refractivity contribution in [3.8, 4) is 22.4 Å². The maximum absolute atomic E-state index is 13.4. The monoisotopic (exact) mass is 360 g/mol. The molecule has 0 bridgehead atoms. The van der Waals surface area contributed by atoms with Gasteiger partial charge in [0.1, 0.15) is 11.5 Å². The molecule has 0 unspecified atom stereocenters. The predicted octanol–water partition coefficient (Wildman–Crippen LogP) is 4.87. The molecule has 0 saturated carbocycles. The van der Waals surface area contributed by atoms with Crippen LogP contribution in [0.4, 0.5) is 4.39 Å². The molecule has 4 nitrogen and oxygen atoms in total. The van der Waals surface area contributed by atoms with Crippen molar-refractivity contribution in [3.05, 3.63) is 78.5 Å². The van der Waals surface area contributed by atoms with Gasteiger partial charge in [-0.25, -0.2) is 8.91 Å². The van der Waals surface area contributed by atoms with Gasteiger partial charge in [-0.3, -0.25) is 4.98 Å². The fourth-order valence-electron chi connectivity index (χ4n) is 3.49. The van der Waals surface area contributed by atoms with Gasteiger partial charge in [-0.15, -0.1) is 0 Å². The van der Waals surface area contributed by atoms with Gasteiger partial charge in [0.15, 0.2) is 0 Å². The Bertz CT molecular complexity index is 1050. The average molecular weight is 360 g/mol. The molecule has 0 spiro atoms. The quantitative estimate of drug-likeness (QED) is 0.552. The van der Waals surface area contributed by atoms with Crippen LogP contribution in [0, 0.1) is 5.82 Å². The fraction of sp³-hybridized carbons (Fsp3) is 0.182. The maximum Gasteiger partial charge on any atom is 0.123 e. The minimum atomic E-state index is -0.255. The number of hydrogen-bond acceptors (Lipinski definition) is 3. The molecule has 3 heterocycles. The Labute approximate surface area is 157 Å². The van der Waals surface area contributed by atoms with Crippen LogP contribution in [0.25, 0.3) is 27.9 Å². The summed E-state index contributed by atoms with van der Waals surface area (Å²) in [5.74, 6) is -0.255. The number of fused-ring (bicyclic) bond motifs is 1. The number of aromatic nitrogens is 3. The molecule has 1 aromatic carbocycles. The van der Waals surface area contributed by atoms with Crippen LogP contribution in [-0.2, 0) is 0 Å². The Morgan fingerprint density at radius 1 is 1.00 bits per heavy atom. The lowest BCUT2D eigenvalue weighted by atomic mass is 10.00. The second kappa shape index (κ2) is 7.29. The lowest BCUT2D eigenvalue weighted by molar-refractivity contribution is 0.573. The van der Waals surface area contributed by atoms with E-state index in [0.29, 0.717) is 0 Å². The largest absolute Gasteiger partial charge is 0.313 e. The minimum absolute atomic E-state index is 0.255. The van der Waals surface area contributed by atoms with Crippen LogP contribution in [-0.4, -0.2) is 21.6 Å². The Balaban J connectivity index is 1.96. The molecule has 0 amide bonds. The first kappa shape index (κ1) is 17.4. The van der Waals surface area contributed by atoms with Gasteiger partial charge in [-0.1, -0.05) is 13.0 Å². The van der Waals surface area contributed by atoms with E-state index in [0.717, 1.165) is 34.3 Å². The molecule has 0 radical (unpaired) electrons. The SMILES string of the molecule is CC[C@H](NC)c1ccc2c(-c3ccncc3)c(-c3ccc(F)cc3)nn2c1. The highest BCUT2D eigenvalue weighted by Gasteiger charge is 2.18. The smallest absolute Gasteiger partial charge is 0.123 e. The Morgan fingerprint density at radius 3 is 2.41 bits per heavy atom. The van der Waals surface area contributed by atoms with Crippen LogP contribution in [0.5, 0.6) is 0 Å². The lowest BCUT2D eigenvalue weighted by Gasteiger charge is -2.14. The summed E-state index contributed by atoms with van der Waals surface area (Å²) in [5.41, 5.74) is 5.96. The summed E-state index contributed by atoms with van der Waals surface area (Å²) < 4.78 is 15.3. The standard InChI is InChI=1S/C22H21FN4/c1-3-19(24-2)17-6-9-20-21(15-10-12-25-13-11-15)22(26-27(20)14-17)16-4-7-18(23)8-5-16/h4-14,19,24H,3H2,1-2H3/t19-/m0/s1. The molecule has 3 aromatic heterocycles. The van der Waals surface area contributed by atoms with Gasteiger partial charge in [0.2, 0.25) is 0 Å². The first-order valence-corrected chi connectivity index (χ1v) is 9.07. The zero-order valence-electron chi connectivity index (χ0n) is 15.4. The number of rotatable bonds is 5. The van der Waals surface area contributed by atoms with Crippen molar-refractivity contribution in [1.29, 1.82) is 0 Å². The Morgan fingerprint density at radius 2 is 1.74 bits per heavy atom. The van der Waals surface area contributed by atoms with E-state index in [1.54, 1.807) is 24.5 Å². The van der Waals surface area contributed by atoms with E-state index in [1.165, 1.54) is 17.7 Å². The van der Waals surface area contributed by atoms with E-state index in [-0.39, 0.29) is 11.9 Å². The molecule has 0 saturated heterocycles. The zero-order chi connectivity index (χ0) is 18.8. The second-order valence-electron chi connectivity index (χ2n) is 6.51. The van der Waals surface area contributed by atoms with Crippen molar-refractivity contribution in [1.82, 2.24) is 19.9 Å². The second-order valence-corrected chi connectivity index (χ2v) is 6.51. The first-order valence-electron chi connectivity index (χ1n) is 9.07. The number of benzene rings is 1. The predicted molar refractivity (Wildman–Crippen MR) is 106 cm³/mol. The molecule has 27 heavy (non-hydrogen) atoms. The van der Waals surface area contributed by atoms with Gasteiger partial charge < -0.3 is 5.32 Å². The van der Waals surface area contributed by atoms with Crippen molar-refractivity contribution in [2.24, 2.45) is 0 Å². The van der Waals surface area contributed by atoms with Crippen LogP contribution in [0.3, 0.4) is 0 Å². The van der Waals surface area contributed by atoms with E-state index in [2.05, 4.69) is 35.6 Å². The van der Waals surface area contributed by atoms with Crippen LogP contribution >= 0.6 is 0 Å². The number of nitrogens with one attached hydrogen (secondary N) is 1. The van der Waals surface area contributed by atoms with Crippen molar-refractivity contribution in [2.45, 2.75) is 19.4 Å². The van der Waals surface area contributed by atoms with E-state index < -0.39 is 0 Å². The highest BCUT2D eigenvalue weighted by atomic mass is 19.1. The number of pyridine rings is 2. The van der Waals surface area contributed by atoms with Crippen LogP contribution in [0.1, 0.15) is 24.9 Å². The molecule has 1 atom stereocenters. The van der Waals surface area contributed by atoms with Gasteiger partial charge in [0, 0.05) is 35.8 Å². The lowest BCUT2D eigenvalue weighted by Crippen LogP contribution is -2.15. The Kier molecular flexibility index (Phi) is 4.69. The average Bonchev–Trinajstić information content (AvgIpc) is 3.09. The van der Waals surface area contributed by atoms with E-state index in [1.807, 2.05) is 23.7 Å². The highest BCUT2D eigenvalue weighted by molar-refractivity contribution is 5.92. The van der Waals surface area contributed by atoms with Gasteiger partial charge in [0.25, 0.3) is 0 Å². The van der Waals surface area contributed by atoms with Gasteiger partial charge >= 0.3 is 0 Å². The summed E-state index contributed by atoms with van der Waals surface area (Å²) in [5, 5.41) is 8.18. The zero-order valence-corrected chi connectivity index (χ0v) is 15.4. The maximum atomic E-state index is 13.4. The molecule has 0 aliphatic rings. The summed E-state index contributed by atoms with van der Waals surface area (Å²) in [6.07, 6.45) is 6.61. The number of nitrogens with zero attached hydrogens (tertiary/aromatic N) is 3. The minimum Gasteiger partial charge on any atom is -0.313 e. The summed E-state index contributed by atoms with van der Waals surface area (Å²) in [6.45, 7) is 2.15. The Hall–Kier alpha value is -3.05. The van der Waals surface area contributed by atoms with Gasteiger partial charge in [-0.2, -0.15) is 5.10 Å². The van der Waals surface area contributed by atoms with Crippen molar-refractivity contribution in [2.75, 3.05) is 7.05 Å². The van der Waals surface area contributed by atoms with Gasteiger partial charge in [0.05, 0.1) is 5.52 Å². The third kappa shape index (κ3) is 3.22. The first-order chi connectivity index (χ1) is 13.2. The summed E-state index contributed by atoms with van der Waals surface area (Å²) in [6, 6.07) is 14.9. The van der Waals surface area contributed by atoms with Gasteiger partial charge in [-0.05, 0) is 67.1 Å². The van der Waals surface area contributed by atoms with E-state index in [9.17, 15) is 4.39 Å². The number of hydrogen-bond donors (Lipinski definition) is 1. The molecule has 4 rings (SSSR count). The summed E-state index contributed by atoms with van der Waals surface area (Å²) in [4.78, 5) is 4.12. The molecule has 136 valence electrons. The number of halogens is 1. The van der Waals surface area contributed by atoms with Crippen molar-refractivity contribution >= 4 is 5.52 Å². The molecule has 0 fully saturated rings. The summed E-state index contributed by atoms with van der Waals surface area (Å²) >= 11 is 0. The van der Waals surface area contributed by atoms with Crippen LogP contribution in [0.2, 0.25) is 0 Å². The normalized spacial score (nSPS) is 12.4. The van der Waals surface area contributed by atoms with Crippen molar-refractivity contribution in [3.63, 3.8) is 0 Å². The molecule has 1 N–H and O–H groups in total.